The number of hydrogen-bond acceptors (Lipinski definition) is 3. The number of carbonyl (C=O) groups excluding carboxylic acids is 1. The maximum Gasteiger partial charge on any atom is 0.325 e. The lowest BCUT2D eigenvalue weighted by atomic mass is 9.92. The number of benzene rings is 4. The van der Waals surface area contributed by atoms with Crippen LogP contribution in [0, 0.1) is 0 Å². The van der Waals surface area contributed by atoms with Crippen LogP contribution in [0.25, 0.3) is 27.6 Å². The van der Waals surface area contributed by atoms with Crippen LogP contribution in [-0.4, -0.2) is 33.8 Å². The van der Waals surface area contributed by atoms with Gasteiger partial charge in [0, 0.05) is 23.4 Å². The van der Waals surface area contributed by atoms with E-state index in [1.807, 2.05) is 59.3 Å². The Balaban J connectivity index is 1.43. The molecule has 2 N–H and O–H groups in total. The van der Waals surface area contributed by atoms with Gasteiger partial charge in [-0.15, -0.1) is 0 Å². The Morgan fingerprint density at radius 1 is 0.833 bits per heavy atom. The molecule has 0 radical (unpaired) electrons. The number of nitrogens with two attached hydrogens (primary N) is 1. The van der Waals surface area contributed by atoms with E-state index in [1.54, 1.807) is 4.90 Å². The molecule has 1 saturated heterocycles. The second-order valence-corrected chi connectivity index (χ2v) is 12.3. The normalized spacial score (nSPS) is 14.3. The summed E-state index contributed by atoms with van der Waals surface area (Å²) in [6, 6.07) is 32.5. The first-order valence-corrected chi connectivity index (χ1v) is 14.9. The van der Waals surface area contributed by atoms with Crippen LogP contribution in [0.2, 0.25) is 0 Å². The second-order valence-electron chi connectivity index (χ2n) is 12.3. The first-order chi connectivity index (χ1) is 20.3. The Labute approximate surface area is 248 Å². The monoisotopic (exact) mass is 557 g/mol. The summed E-state index contributed by atoms with van der Waals surface area (Å²) in [5, 5.41) is 6.95. The van der Waals surface area contributed by atoms with Gasteiger partial charge < -0.3 is 5.73 Å². The fourth-order valence-electron chi connectivity index (χ4n) is 5.91. The van der Waals surface area contributed by atoms with Crippen molar-refractivity contribution in [1.82, 2.24) is 14.7 Å². The van der Waals surface area contributed by atoms with Gasteiger partial charge in [0.15, 0.2) is 0 Å². The second kappa shape index (κ2) is 11.5. The fraction of sp³-hybridized carbons (Fsp3) is 0.278. The SMILES string of the molecule is CC(C)(C)c1cc(N(C(N)=O)c2ccc(-c3ccc(CN4CCCCC4)cc3)c3ccccc23)n(-c2ccccc2)n1. The van der Waals surface area contributed by atoms with Crippen LogP contribution < -0.4 is 10.6 Å². The molecule has 1 fully saturated rings. The molecule has 0 aliphatic carbocycles. The van der Waals surface area contributed by atoms with Crippen LogP contribution in [0.3, 0.4) is 0 Å². The van der Waals surface area contributed by atoms with E-state index in [1.165, 1.54) is 37.9 Å². The van der Waals surface area contributed by atoms with Crippen LogP contribution in [0.5, 0.6) is 0 Å². The van der Waals surface area contributed by atoms with Crippen molar-refractivity contribution in [3.8, 4) is 16.8 Å². The number of primary amides is 1. The summed E-state index contributed by atoms with van der Waals surface area (Å²) < 4.78 is 1.81. The quantitative estimate of drug-likeness (QED) is 0.229. The third-order valence-electron chi connectivity index (χ3n) is 8.17. The van der Waals surface area contributed by atoms with Gasteiger partial charge in [-0.2, -0.15) is 5.10 Å². The average Bonchev–Trinajstić information content (AvgIpc) is 3.44. The fourth-order valence-corrected chi connectivity index (χ4v) is 5.91. The zero-order valence-corrected chi connectivity index (χ0v) is 24.8. The molecule has 0 unspecified atom stereocenters. The zero-order chi connectivity index (χ0) is 29.3. The molecule has 6 nitrogen and oxygen atoms in total. The van der Waals surface area contributed by atoms with Crippen molar-refractivity contribution < 1.29 is 4.79 Å². The summed E-state index contributed by atoms with van der Waals surface area (Å²) in [5.74, 6) is 0.610. The van der Waals surface area contributed by atoms with E-state index in [2.05, 4.69) is 68.1 Å². The van der Waals surface area contributed by atoms with E-state index < -0.39 is 6.03 Å². The lowest BCUT2D eigenvalue weighted by Gasteiger charge is -2.26. The van der Waals surface area contributed by atoms with Crippen molar-refractivity contribution >= 4 is 28.3 Å². The van der Waals surface area contributed by atoms with E-state index in [0.29, 0.717) is 5.82 Å². The van der Waals surface area contributed by atoms with Crippen LogP contribution in [0.15, 0.2) is 97.1 Å². The predicted octanol–water partition coefficient (Wildman–Crippen LogP) is 8.19. The number of aromatic nitrogens is 2. The summed E-state index contributed by atoms with van der Waals surface area (Å²) in [6.45, 7) is 9.72. The van der Waals surface area contributed by atoms with Gasteiger partial charge in [0.25, 0.3) is 0 Å². The summed E-state index contributed by atoms with van der Waals surface area (Å²) in [6.07, 6.45) is 3.93. The van der Waals surface area contributed by atoms with Crippen molar-refractivity contribution in [3.05, 3.63) is 108 Å². The van der Waals surface area contributed by atoms with Crippen LogP contribution in [-0.2, 0) is 12.0 Å². The smallest absolute Gasteiger partial charge is 0.325 e. The minimum absolute atomic E-state index is 0.218. The number of hydrogen-bond donors (Lipinski definition) is 1. The van der Waals surface area contributed by atoms with E-state index in [-0.39, 0.29) is 5.41 Å². The Morgan fingerprint density at radius 2 is 1.50 bits per heavy atom. The third-order valence-corrected chi connectivity index (χ3v) is 8.17. The number of likely N-dealkylation sites (tertiary alicyclic amines) is 1. The molecule has 0 spiro atoms. The van der Waals surface area contributed by atoms with Gasteiger partial charge in [0.1, 0.15) is 5.82 Å². The number of rotatable bonds is 6. The third kappa shape index (κ3) is 5.55. The van der Waals surface area contributed by atoms with E-state index >= 15 is 0 Å². The topological polar surface area (TPSA) is 67.4 Å². The lowest BCUT2D eigenvalue weighted by molar-refractivity contribution is 0.221. The molecule has 6 heteroatoms. The van der Waals surface area contributed by atoms with Gasteiger partial charge in [-0.3, -0.25) is 4.90 Å². The van der Waals surface area contributed by atoms with Gasteiger partial charge in [0.05, 0.1) is 17.1 Å². The van der Waals surface area contributed by atoms with Crippen molar-refractivity contribution in [2.24, 2.45) is 5.73 Å². The highest BCUT2D eigenvalue weighted by molar-refractivity contribution is 6.10. The molecular formula is C36H39N5O. The Morgan fingerprint density at radius 3 is 2.17 bits per heavy atom. The molecule has 6 rings (SSSR count). The minimum Gasteiger partial charge on any atom is -0.351 e. The molecule has 5 aromatic rings. The number of piperidine rings is 1. The van der Waals surface area contributed by atoms with Gasteiger partial charge >= 0.3 is 6.03 Å². The highest BCUT2D eigenvalue weighted by atomic mass is 16.2. The molecule has 42 heavy (non-hydrogen) atoms. The molecule has 0 saturated carbocycles. The molecule has 1 aliphatic heterocycles. The van der Waals surface area contributed by atoms with Gasteiger partial charge in [-0.1, -0.05) is 100.0 Å². The number of urea groups is 1. The number of fused-ring (bicyclic) bond motifs is 1. The average molecular weight is 558 g/mol. The lowest BCUT2D eigenvalue weighted by Crippen LogP contribution is -2.33. The highest BCUT2D eigenvalue weighted by Crippen LogP contribution is 2.39. The maximum atomic E-state index is 13.2. The molecular weight excluding hydrogens is 518 g/mol. The number of nitrogens with zero attached hydrogens (tertiary/aromatic N) is 4. The molecule has 0 bridgehead atoms. The van der Waals surface area contributed by atoms with E-state index in [4.69, 9.17) is 10.8 Å². The Bertz CT molecular complexity index is 1690. The summed E-state index contributed by atoms with van der Waals surface area (Å²) in [5.41, 5.74) is 12.0. The van der Waals surface area contributed by atoms with Gasteiger partial charge in [-0.25, -0.2) is 14.4 Å². The van der Waals surface area contributed by atoms with Gasteiger partial charge in [-0.05, 0) is 66.2 Å². The predicted molar refractivity (Wildman–Crippen MR) is 172 cm³/mol. The first kappa shape index (κ1) is 27.7. The summed E-state index contributed by atoms with van der Waals surface area (Å²) in [7, 11) is 0. The molecule has 4 aromatic carbocycles. The standard InChI is InChI=1S/C36H39N5O/c1-36(2,3)33-24-34(41(38-33)28-12-6-4-7-13-28)40(35(37)42)32-21-20-29(30-14-8-9-15-31(30)32)27-18-16-26(17-19-27)25-39-22-10-5-11-23-39/h4,6-9,12-21,24H,5,10-11,22-23,25H2,1-3H3,(H2,37,42). The molecule has 1 aromatic heterocycles. The van der Waals surface area contributed by atoms with Crippen molar-refractivity contribution in [2.75, 3.05) is 18.0 Å². The number of amides is 2. The van der Waals surface area contributed by atoms with Crippen molar-refractivity contribution in [1.29, 1.82) is 0 Å². The Kier molecular flexibility index (Phi) is 7.56. The molecule has 2 amide bonds. The van der Waals surface area contributed by atoms with E-state index in [0.717, 1.165) is 45.5 Å². The number of carbonyl (C=O) groups is 1. The van der Waals surface area contributed by atoms with Gasteiger partial charge in [0.2, 0.25) is 0 Å². The van der Waals surface area contributed by atoms with Crippen molar-refractivity contribution in [3.63, 3.8) is 0 Å². The minimum atomic E-state index is -0.562. The maximum absolute atomic E-state index is 13.2. The van der Waals surface area contributed by atoms with Crippen molar-refractivity contribution in [2.45, 2.75) is 52.0 Å². The molecule has 2 heterocycles. The number of anilines is 2. The largest absolute Gasteiger partial charge is 0.351 e. The zero-order valence-electron chi connectivity index (χ0n) is 24.8. The summed E-state index contributed by atoms with van der Waals surface area (Å²) in [4.78, 5) is 17.4. The first-order valence-electron chi connectivity index (χ1n) is 14.9. The van der Waals surface area contributed by atoms with E-state index in [9.17, 15) is 4.79 Å². The molecule has 214 valence electrons. The van der Waals surface area contributed by atoms with Crippen LogP contribution in [0.4, 0.5) is 16.3 Å². The van der Waals surface area contributed by atoms with Crippen LogP contribution in [0.1, 0.15) is 51.3 Å². The molecule has 0 atom stereocenters. The number of para-hydroxylation sites is 1. The molecule has 1 aliphatic rings. The highest BCUT2D eigenvalue weighted by Gasteiger charge is 2.28. The summed E-state index contributed by atoms with van der Waals surface area (Å²) >= 11 is 0. The van der Waals surface area contributed by atoms with Crippen LogP contribution >= 0.6 is 0 Å². The Hall–Kier alpha value is -4.42.